The number of benzene rings is 3. The molecule has 0 saturated carbocycles. The number of carbonyl (C=O) groups is 1. The Morgan fingerprint density at radius 1 is 1.14 bits per heavy atom. The van der Waals surface area contributed by atoms with Crippen molar-refractivity contribution in [3.05, 3.63) is 93.6 Å². The van der Waals surface area contributed by atoms with Crippen LogP contribution in [0.1, 0.15) is 28.7 Å². The number of carbonyl (C=O) groups excluding carboxylic acids is 1. The van der Waals surface area contributed by atoms with Crippen LogP contribution >= 0.6 is 11.6 Å². The van der Waals surface area contributed by atoms with Crippen molar-refractivity contribution in [3.8, 4) is 22.9 Å². The molecule has 3 N–H and O–H groups in total. The first kappa shape index (κ1) is 28.0. The van der Waals surface area contributed by atoms with Crippen LogP contribution in [0.25, 0.3) is 11.4 Å². The molecule has 2 aliphatic heterocycles. The number of aliphatic hydroxyl groups is 1. The summed E-state index contributed by atoms with van der Waals surface area (Å²) in [7, 11) is 1.86. The Labute approximate surface area is 245 Å². The summed E-state index contributed by atoms with van der Waals surface area (Å²) in [4.78, 5) is 19.9. The molecule has 0 radical (unpaired) electrons. The van der Waals surface area contributed by atoms with Gasteiger partial charge in [-0.3, -0.25) is 9.69 Å². The van der Waals surface area contributed by atoms with Gasteiger partial charge in [-0.05, 0) is 35.4 Å². The first-order chi connectivity index (χ1) is 20.2. The average molecular weight is 596 g/mol. The Balaban J connectivity index is 1.14. The third-order valence-electron chi connectivity index (χ3n) is 7.67. The summed E-state index contributed by atoms with van der Waals surface area (Å²) in [5.41, 5.74) is 3.60. The van der Waals surface area contributed by atoms with E-state index in [4.69, 9.17) is 16.3 Å². The Morgan fingerprint density at radius 3 is 2.74 bits per heavy atom. The lowest BCUT2D eigenvalue weighted by molar-refractivity contribution is -0.125. The molecule has 42 heavy (non-hydrogen) atoms. The number of phenolic OH excluding ortho intramolecular Hbond substituents is 1. The highest BCUT2D eigenvalue weighted by atomic mass is 35.5. The number of fused-ring (bicyclic) bond motifs is 1. The van der Waals surface area contributed by atoms with Crippen molar-refractivity contribution in [2.75, 3.05) is 11.4 Å². The molecule has 1 atom stereocenters. The minimum absolute atomic E-state index is 0.107. The molecule has 2 aliphatic rings. The first-order valence-electron chi connectivity index (χ1n) is 13.4. The predicted molar refractivity (Wildman–Crippen MR) is 152 cm³/mol. The van der Waals surface area contributed by atoms with E-state index in [1.54, 1.807) is 17.2 Å². The molecule has 1 aromatic heterocycles. The molecule has 1 saturated heterocycles. The highest BCUT2D eigenvalue weighted by Gasteiger charge is 2.28. The van der Waals surface area contributed by atoms with Gasteiger partial charge in [0.2, 0.25) is 18.1 Å². The number of hydrogen-bond acceptors (Lipinski definition) is 7. The van der Waals surface area contributed by atoms with E-state index >= 15 is 0 Å². The molecule has 12 heteroatoms. The highest BCUT2D eigenvalue weighted by Crippen LogP contribution is 2.35. The lowest BCUT2D eigenvalue weighted by Gasteiger charge is -2.33. The van der Waals surface area contributed by atoms with Crippen molar-refractivity contribution in [3.63, 3.8) is 0 Å². The number of amides is 1. The summed E-state index contributed by atoms with van der Waals surface area (Å²) in [6, 6.07) is 13.3. The molecule has 3 heterocycles. The normalized spacial score (nSPS) is 16.9. The van der Waals surface area contributed by atoms with E-state index in [0.29, 0.717) is 43.4 Å². The zero-order valence-corrected chi connectivity index (χ0v) is 23.4. The lowest BCUT2D eigenvalue weighted by Crippen LogP contribution is -2.54. The van der Waals surface area contributed by atoms with Crippen LogP contribution < -0.4 is 15.0 Å². The average Bonchev–Trinajstić information content (AvgIpc) is 3.54. The summed E-state index contributed by atoms with van der Waals surface area (Å²) < 4.78 is 36.3. The van der Waals surface area contributed by atoms with Gasteiger partial charge in [0, 0.05) is 56.3 Å². The van der Waals surface area contributed by atoms with Crippen molar-refractivity contribution in [1.29, 1.82) is 0 Å². The first-order valence-corrected chi connectivity index (χ1v) is 13.7. The van der Waals surface area contributed by atoms with Crippen LogP contribution in [-0.4, -0.2) is 43.5 Å². The largest absolute Gasteiger partial charge is 0.504 e. The smallest absolute Gasteiger partial charge is 0.225 e. The number of imidazole rings is 1. The molecule has 6 rings (SSSR count). The second-order valence-electron chi connectivity index (χ2n) is 10.4. The van der Waals surface area contributed by atoms with Crippen LogP contribution in [0.15, 0.2) is 54.7 Å². The number of nitrogens with zero attached hydrogens (tertiary/aromatic N) is 4. The van der Waals surface area contributed by atoms with Gasteiger partial charge in [-0.25, -0.2) is 9.37 Å². The quantitative estimate of drug-likeness (QED) is 0.291. The van der Waals surface area contributed by atoms with Gasteiger partial charge in [0.25, 0.3) is 0 Å². The lowest BCUT2D eigenvalue weighted by atomic mass is 10.1. The van der Waals surface area contributed by atoms with Crippen LogP contribution in [0, 0.1) is 11.6 Å². The summed E-state index contributed by atoms with van der Waals surface area (Å²) in [6.45, 7) is 1.61. The standard InChI is InChI=1S/C30H28ClF2N5O4/c1-36-26(38-10-9-25(39)35-30(38)41)12-34-29(36)17-5-6-18-13-37(15-20(18)11-17)14-19-7-8-24(27(33)28(19)40)42-16-21-22(31)3-2-4-23(21)32/h2-8,11-12,30,40-41H,9-10,13-16H2,1H3,(H,35,39). The van der Waals surface area contributed by atoms with Crippen molar-refractivity contribution in [2.45, 2.75) is 39.0 Å². The number of ether oxygens (including phenoxy) is 1. The van der Waals surface area contributed by atoms with E-state index in [2.05, 4.69) is 21.3 Å². The van der Waals surface area contributed by atoms with Crippen LogP contribution in [0.2, 0.25) is 5.02 Å². The molecular weight excluding hydrogens is 568 g/mol. The van der Waals surface area contributed by atoms with Crippen LogP contribution in [0.3, 0.4) is 0 Å². The molecule has 1 amide bonds. The number of hydrogen-bond donors (Lipinski definition) is 3. The van der Waals surface area contributed by atoms with Gasteiger partial charge in [-0.1, -0.05) is 35.9 Å². The van der Waals surface area contributed by atoms with E-state index in [9.17, 15) is 23.8 Å². The third kappa shape index (κ3) is 5.26. The number of rotatable bonds is 7. The Morgan fingerprint density at radius 2 is 1.95 bits per heavy atom. The maximum atomic E-state index is 15.0. The van der Waals surface area contributed by atoms with Crippen molar-refractivity contribution in [2.24, 2.45) is 7.05 Å². The van der Waals surface area contributed by atoms with Gasteiger partial charge < -0.3 is 29.7 Å². The minimum Gasteiger partial charge on any atom is -0.504 e. The summed E-state index contributed by atoms with van der Waals surface area (Å²) in [5.74, 6) is -0.986. The predicted octanol–water partition coefficient (Wildman–Crippen LogP) is 4.42. The maximum absolute atomic E-state index is 15.0. The summed E-state index contributed by atoms with van der Waals surface area (Å²) in [6.07, 6.45) is 0.838. The number of aliphatic hydroxyl groups excluding tert-OH is 1. The second-order valence-corrected chi connectivity index (χ2v) is 10.8. The molecule has 4 aromatic rings. The minimum atomic E-state index is -1.12. The zero-order chi connectivity index (χ0) is 29.5. The van der Waals surface area contributed by atoms with Crippen LogP contribution in [0.4, 0.5) is 14.6 Å². The number of nitrogens with one attached hydrogen (secondary N) is 1. The van der Waals surface area contributed by atoms with Gasteiger partial charge in [-0.2, -0.15) is 4.39 Å². The van der Waals surface area contributed by atoms with Crippen LogP contribution in [-0.2, 0) is 38.1 Å². The number of aromatic hydroxyl groups is 1. The third-order valence-corrected chi connectivity index (χ3v) is 8.02. The molecular formula is C30H28ClF2N5O4. The van der Waals surface area contributed by atoms with Crippen molar-refractivity contribution < 1.29 is 28.5 Å². The van der Waals surface area contributed by atoms with Gasteiger partial charge >= 0.3 is 0 Å². The van der Waals surface area contributed by atoms with Gasteiger partial charge in [0.1, 0.15) is 24.1 Å². The van der Waals surface area contributed by atoms with E-state index in [1.807, 2.05) is 23.7 Å². The fraction of sp³-hybridized carbons (Fsp3) is 0.267. The number of anilines is 1. The monoisotopic (exact) mass is 595 g/mol. The van der Waals surface area contributed by atoms with E-state index in [-0.39, 0.29) is 35.3 Å². The van der Waals surface area contributed by atoms with Crippen LogP contribution in [0.5, 0.6) is 11.5 Å². The van der Waals surface area contributed by atoms with Gasteiger partial charge in [0.15, 0.2) is 11.5 Å². The summed E-state index contributed by atoms with van der Waals surface area (Å²) >= 11 is 6.02. The van der Waals surface area contributed by atoms with E-state index in [1.165, 1.54) is 24.3 Å². The molecule has 0 bridgehead atoms. The Kier molecular flexibility index (Phi) is 7.48. The van der Waals surface area contributed by atoms with Gasteiger partial charge in [0.05, 0.1) is 11.2 Å². The second kappa shape index (κ2) is 11.2. The highest BCUT2D eigenvalue weighted by molar-refractivity contribution is 6.31. The SMILES string of the molecule is Cn1c(N2CCC(=O)NC2O)cnc1-c1ccc2c(c1)CN(Cc1ccc(OCc3c(F)cccc3Cl)c(F)c1O)C2. The Hall–Kier alpha value is -4.19. The fourth-order valence-electron chi connectivity index (χ4n) is 5.42. The van der Waals surface area contributed by atoms with E-state index in [0.717, 1.165) is 16.7 Å². The number of halogens is 3. The number of phenols is 1. The molecule has 0 aliphatic carbocycles. The molecule has 218 valence electrons. The molecule has 3 aromatic carbocycles. The fourth-order valence-corrected chi connectivity index (χ4v) is 5.63. The van der Waals surface area contributed by atoms with Crippen molar-refractivity contribution in [1.82, 2.24) is 19.8 Å². The topological polar surface area (TPSA) is 103 Å². The van der Waals surface area contributed by atoms with Gasteiger partial charge in [-0.15, -0.1) is 0 Å². The summed E-state index contributed by atoms with van der Waals surface area (Å²) in [5, 5.41) is 23.6. The van der Waals surface area contributed by atoms with E-state index < -0.39 is 23.7 Å². The number of aromatic nitrogens is 2. The maximum Gasteiger partial charge on any atom is 0.225 e. The van der Waals surface area contributed by atoms with Crippen molar-refractivity contribution >= 4 is 23.3 Å². The molecule has 1 unspecified atom stereocenters. The Bertz CT molecular complexity index is 1660. The molecule has 9 nitrogen and oxygen atoms in total. The molecule has 0 spiro atoms. The zero-order valence-electron chi connectivity index (χ0n) is 22.6. The molecule has 1 fully saturated rings.